The first-order valence-electron chi connectivity index (χ1n) is 6.52. The average Bonchev–Trinajstić information content (AvgIpc) is 3.10. The summed E-state index contributed by atoms with van der Waals surface area (Å²) in [5.41, 5.74) is 7.82. The molecule has 108 valence electrons. The number of hydrogen-bond acceptors (Lipinski definition) is 5. The van der Waals surface area contributed by atoms with Gasteiger partial charge in [0.15, 0.2) is 0 Å². The second-order valence-electron chi connectivity index (χ2n) is 4.66. The standard InChI is InChI=1S/C15H12N6O/c1-10-13(9-19-20(10)12-5-3-2-4-6-12)15(22)21-14(17)11(7-16)8-18-21/h2-6,8-9H,17H2,1H3. The van der Waals surface area contributed by atoms with Crippen LogP contribution in [0.3, 0.4) is 0 Å². The van der Waals surface area contributed by atoms with Crippen molar-refractivity contribution < 1.29 is 4.79 Å². The topological polar surface area (TPSA) is 103 Å². The van der Waals surface area contributed by atoms with Gasteiger partial charge in [-0.05, 0) is 19.1 Å². The molecule has 0 fully saturated rings. The summed E-state index contributed by atoms with van der Waals surface area (Å²) < 4.78 is 2.68. The van der Waals surface area contributed by atoms with E-state index >= 15 is 0 Å². The van der Waals surface area contributed by atoms with E-state index in [9.17, 15) is 4.79 Å². The van der Waals surface area contributed by atoms with Crippen LogP contribution >= 0.6 is 0 Å². The first-order valence-corrected chi connectivity index (χ1v) is 6.52. The van der Waals surface area contributed by atoms with Crippen LogP contribution in [0, 0.1) is 18.3 Å². The number of carbonyl (C=O) groups excluding carboxylic acids is 1. The summed E-state index contributed by atoms with van der Waals surface area (Å²) >= 11 is 0. The zero-order chi connectivity index (χ0) is 15.7. The van der Waals surface area contributed by atoms with Crippen LogP contribution in [0.2, 0.25) is 0 Å². The fourth-order valence-electron chi connectivity index (χ4n) is 2.17. The number of hydrogen-bond donors (Lipinski definition) is 1. The monoisotopic (exact) mass is 292 g/mol. The number of nitrogens with two attached hydrogens (primary N) is 1. The van der Waals surface area contributed by atoms with Crippen LogP contribution in [0.5, 0.6) is 0 Å². The average molecular weight is 292 g/mol. The number of nitrogen functional groups attached to an aromatic ring is 1. The summed E-state index contributed by atoms with van der Waals surface area (Å²) in [6.45, 7) is 1.79. The molecule has 22 heavy (non-hydrogen) atoms. The molecule has 0 aliphatic heterocycles. The lowest BCUT2D eigenvalue weighted by atomic mass is 10.2. The molecule has 0 saturated heterocycles. The van der Waals surface area contributed by atoms with Gasteiger partial charge in [0.25, 0.3) is 5.91 Å². The minimum absolute atomic E-state index is 0.0272. The molecule has 2 heterocycles. The molecule has 0 atom stereocenters. The summed E-state index contributed by atoms with van der Waals surface area (Å²) in [5, 5.41) is 17.0. The Morgan fingerprint density at radius 3 is 2.59 bits per heavy atom. The minimum Gasteiger partial charge on any atom is -0.382 e. The maximum atomic E-state index is 12.5. The fourth-order valence-corrected chi connectivity index (χ4v) is 2.17. The van der Waals surface area contributed by atoms with Crippen LogP contribution in [-0.2, 0) is 0 Å². The molecular formula is C15H12N6O. The van der Waals surface area contributed by atoms with Gasteiger partial charge in [-0.25, -0.2) is 4.68 Å². The highest BCUT2D eigenvalue weighted by atomic mass is 16.2. The van der Waals surface area contributed by atoms with Gasteiger partial charge < -0.3 is 5.73 Å². The Kier molecular flexibility index (Phi) is 3.20. The molecule has 2 aromatic heterocycles. The van der Waals surface area contributed by atoms with Crippen LogP contribution in [0.15, 0.2) is 42.7 Å². The molecule has 0 amide bonds. The highest BCUT2D eigenvalue weighted by molar-refractivity contribution is 5.98. The van der Waals surface area contributed by atoms with Gasteiger partial charge in [0.2, 0.25) is 0 Å². The summed E-state index contributed by atoms with van der Waals surface area (Å²) in [6, 6.07) is 11.4. The Labute approximate surface area is 126 Å². The normalized spacial score (nSPS) is 10.4. The number of carbonyl (C=O) groups is 1. The van der Waals surface area contributed by atoms with Gasteiger partial charge in [0, 0.05) is 0 Å². The summed E-state index contributed by atoms with van der Waals surface area (Å²) in [4.78, 5) is 12.5. The van der Waals surface area contributed by atoms with E-state index in [1.807, 2.05) is 36.4 Å². The highest BCUT2D eigenvalue weighted by Crippen LogP contribution is 2.17. The smallest absolute Gasteiger partial charge is 0.283 e. The van der Waals surface area contributed by atoms with Crippen molar-refractivity contribution in [2.45, 2.75) is 6.92 Å². The number of benzene rings is 1. The maximum absolute atomic E-state index is 12.5. The van der Waals surface area contributed by atoms with E-state index in [-0.39, 0.29) is 11.4 Å². The molecule has 0 aliphatic rings. The van der Waals surface area contributed by atoms with Gasteiger partial charge in [0.1, 0.15) is 17.5 Å². The molecule has 0 unspecified atom stereocenters. The Hall–Kier alpha value is -3.40. The Morgan fingerprint density at radius 1 is 1.23 bits per heavy atom. The van der Waals surface area contributed by atoms with E-state index in [0.29, 0.717) is 11.3 Å². The van der Waals surface area contributed by atoms with Crippen molar-refractivity contribution in [2.24, 2.45) is 0 Å². The Balaban J connectivity index is 2.03. The first kappa shape index (κ1) is 13.6. The third-order valence-electron chi connectivity index (χ3n) is 3.36. The second kappa shape index (κ2) is 5.18. The van der Waals surface area contributed by atoms with Crippen molar-refractivity contribution in [1.29, 1.82) is 5.26 Å². The van der Waals surface area contributed by atoms with E-state index in [1.54, 1.807) is 11.6 Å². The second-order valence-corrected chi connectivity index (χ2v) is 4.66. The molecule has 7 nitrogen and oxygen atoms in total. The Morgan fingerprint density at radius 2 is 1.95 bits per heavy atom. The van der Waals surface area contributed by atoms with Crippen molar-refractivity contribution in [1.82, 2.24) is 19.6 Å². The van der Waals surface area contributed by atoms with E-state index in [1.165, 1.54) is 12.4 Å². The van der Waals surface area contributed by atoms with E-state index in [4.69, 9.17) is 11.0 Å². The fraction of sp³-hybridized carbons (Fsp3) is 0.0667. The van der Waals surface area contributed by atoms with Crippen LogP contribution < -0.4 is 5.73 Å². The minimum atomic E-state index is -0.418. The molecule has 0 saturated carbocycles. The molecule has 7 heteroatoms. The maximum Gasteiger partial charge on any atom is 0.283 e. The van der Waals surface area contributed by atoms with Crippen LogP contribution in [0.1, 0.15) is 21.6 Å². The lowest BCUT2D eigenvalue weighted by Crippen LogP contribution is -2.17. The molecule has 0 radical (unpaired) electrons. The molecule has 3 aromatic rings. The predicted molar refractivity (Wildman–Crippen MR) is 79.4 cm³/mol. The molecule has 2 N–H and O–H groups in total. The van der Waals surface area contributed by atoms with Crippen LogP contribution in [-0.4, -0.2) is 25.5 Å². The van der Waals surface area contributed by atoms with Gasteiger partial charge >= 0.3 is 0 Å². The number of nitrogens with zero attached hydrogens (tertiary/aromatic N) is 5. The summed E-state index contributed by atoms with van der Waals surface area (Å²) in [5.74, 6) is -0.391. The lowest BCUT2D eigenvalue weighted by Gasteiger charge is -2.05. The zero-order valence-corrected chi connectivity index (χ0v) is 11.8. The van der Waals surface area contributed by atoms with Crippen molar-refractivity contribution in [3.63, 3.8) is 0 Å². The molecule has 1 aromatic carbocycles. The van der Waals surface area contributed by atoms with Crippen molar-refractivity contribution in [2.75, 3.05) is 5.73 Å². The molecular weight excluding hydrogens is 280 g/mol. The zero-order valence-electron chi connectivity index (χ0n) is 11.8. The third-order valence-corrected chi connectivity index (χ3v) is 3.36. The summed E-state index contributed by atoms with van der Waals surface area (Å²) in [6.07, 6.45) is 2.74. The van der Waals surface area contributed by atoms with E-state index in [2.05, 4.69) is 10.2 Å². The van der Waals surface area contributed by atoms with Crippen LogP contribution in [0.4, 0.5) is 5.82 Å². The van der Waals surface area contributed by atoms with Crippen LogP contribution in [0.25, 0.3) is 5.69 Å². The number of aromatic nitrogens is 4. The van der Waals surface area contributed by atoms with Gasteiger partial charge in [-0.1, -0.05) is 18.2 Å². The van der Waals surface area contributed by atoms with E-state index < -0.39 is 5.91 Å². The summed E-state index contributed by atoms with van der Waals surface area (Å²) in [7, 11) is 0. The number of para-hydroxylation sites is 1. The van der Waals surface area contributed by atoms with E-state index in [0.717, 1.165) is 10.4 Å². The predicted octanol–water partition coefficient (Wildman–Crippen LogP) is 1.52. The molecule has 0 spiro atoms. The highest BCUT2D eigenvalue weighted by Gasteiger charge is 2.20. The van der Waals surface area contributed by atoms with Gasteiger partial charge in [0.05, 0.1) is 29.3 Å². The van der Waals surface area contributed by atoms with Crippen molar-refractivity contribution in [3.8, 4) is 11.8 Å². The largest absolute Gasteiger partial charge is 0.382 e. The first-order chi connectivity index (χ1) is 10.6. The van der Waals surface area contributed by atoms with Gasteiger partial charge in [-0.2, -0.15) is 20.1 Å². The number of rotatable bonds is 2. The molecule has 0 aliphatic carbocycles. The molecule has 3 rings (SSSR count). The van der Waals surface area contributed by atoms with Crippen molar-refractivity contribution >= 4 is 11.7 Å². The lowest BCUT2D eigenvalue weighted by molar-refractivity contribution is 0.0947. The number of anilines is 1. The van der Waals surface area contributed by atoms with Crippen molar-refractivity contribution in [3.05, 3.63) is 59.5 Å². The quantitative estimate of drug-likeness (QED) is 0.771. The Bertz CT molecular complexity index is 885. The third kappa shape index (κ3) is 2.03. The van der Waals surface area contributed by atoms with Gasteiger partial charge in [-0.15, -0.1) is 0 Å². The molecule has 0 bridgehead atoms. The SMILES string of the molecule is Cc1c(C(=O)n2ncc(C#N)c2N)cnn1-c1ccccc1. The number of nitriles is 1. The van der Waals surface area contributed by atoms with Gasteiger partial charge in [-0.3, -0.25) is 4.79 Å².